The molecule has 0 unspecified atom stereocenters. The summed E-state index contributed by atoms with van der Waals surface area (Å²) in [6.45, 7) is -0.272. The largest absolute Gasteiger partial charge is 0.488 e. The van der Waals surface area contributed by atoms with Gasteiger partial charge in [-0.25, -0.2) is 4.79 Å². The molecular weight excluding hydrogens is 368 g/mol. The minimum absolute atomic E-state index is 0.0528. The smallest absolute Gasteiger partial charge is 0.407 e. The Hall–Kier alpha value is -3.53. The van der Waals surface area contributed by atoms with Crippen LogP contribution in [0.25, 0.3) is 0 Å². The maximum absolute atomic E-state index is 11.4. The quantitative estimate of drug-likeness (QED) is 0.285. The van der Waals surface area contributed by atoms with Gasteiger partial charge in [-0.05, 0) is 30.2 Å². The Bertz CT molecular complexity index is 827. The van der Waals surface area contributed by atoms with Gasteiger partial charge in [0.2, 0.25) is 0 Å². The highest BCUT2D eigenvalue weighted by molar-refractivity contribution is 5.66. The number of aliphatic hydroxyl groups is 1. The van der Waals surface area contributed by atoms with E-state index in [0.29, 0.717) is 12.1 Å². The molecule has 0 aromatic heterocycles. The van der Waals surface area contributed by atoms with Gasteiger partial charge in [-0.1, -0.05) is 18.2 Å². The lowest BCUT2D eigenvalue weighted by Gasteiger charge is -2.22. The number of carboxylic acid groups (broad SMARTS) is 1. The molecule has 10 heteroatoms. The molecule has 0 aliphatic rings. The second-order valence-corrected chi connectivity index (χ2v) is 6.13. The number of hydrogen-bond donors (Lipinski definition) is 4. The van der Waals surface area contributed by atoms with Gasteiger partial charge in [0.15, 0.2) is 5.69 Å². The summed E-state index contributed by atoms with van der Waals surface area (Å²) in [4.78, 5) is 22.7. The van der Waals surface area contributed by atoms with E-state index in [1.807, 2.05) is 0 Å². The van der Waals surface area contributed by atoms with Crippen LogP contribution >= 0.6 is 0 Å². The number of amides is 1. The minimum atomic E-state index is -1.18. The third kappa shape index (κ3) is 5.74. The zero-order valence-corrected chi connectivity index (χ0v) is 15.0. The van der Waals surface area contributed by atoms with Crippen molar-refractivity contribution in [2.24, 2.45) is 0 Å². The third-order valence-corrected chi connectivity index (χ3v) is 4.02. The summed E-state index contributed by atoms with van der Waals surface area (Å²) in [6, 6.07) is 11.2. The van der Waals surface area contributed by atoms with Crippen molar-refractivity contribution in [3.05, 3.63) is 58.1 Å². The number of nitrogens with two attached hydrogens (primary N) is 2. The Kier molecular flexibility index (Phi) is 6.99. The number of anilines is 2. The Morgan fingerprint density at radius 1 is 1.21 bits per heavy atom. The lowest BCUT2D eigenvalue weighted by Crippen LogP contribution is -2.40. The fourth-order valence-electron chi connectivity index (χ4n) is 2.52. The van der Waals surface area contributed by atoms with Crippen LogP contribution in [0.2, 0.25) is 0 Å². The van der Waals surface area contributed by atoms with Crippen LogP contribution in [0.1, 0.15) is 5.56 Å². The molecular formula is C18H22N4O6. The van der Waals surface area contributed by atoms with E-state index in [9.17, 15) is 25.1 Å². The number of carbonyl (C=O) groups is 1. The van der Waals surface area contributed by atoms with Crippen LogP contribution in [0.15, 0.2) is 42.5 Å². The molecule has 0 fully saturated rings. The fourth-order valence-corrected chi connectivity index (χ4v) is 2.52. The van der Waals surface area contributed by atoms with Gasteiger partial charge in [0.1, 0.15) is 18.5 Å². The van der Waals surface area contributed by atoms with E-state index in [2.05, 4.69) is 0 Å². The highest BCUT2D eigenvalue weighted by Crippen LogP contribution is 2.30. The molecule has 0 aliphatic carbocycles. The number of hydrogen-bond acceptors (Lipinski definition) is 7. The predicted molar refractivity (Wildman–Crippen MR) is 103 cm³/mol. The molecule has 1 amide bonds. The predicted octanol–water partition coefficient (Wildman–Crippen LogP) is 1.72. The monoisotopic (exact) mass is 390 g/mol. The zero-order valence-electron chi connectivity index (χ0n) is 15.0. The van der Waals surface area contributed by atoms with Crippen molar-refractivity contribution >= 4 is 23.2 Å². The van der Waals surface area contributed by atoms with Crippen LogP contribution in [0.4, 0.5) is 21.9 Å². The van der Waals surface area contributed by atoms with Crippen LogP contribution in [0, 0.1) is 10.1 Å². The molecule has 0 saturated heterocycles. The lowest BCUT2D eigenvalue weighted by molar-refractivity contribution is -0.384. The molecule has 2 aromatic rings. The van der Waals surface area contributed by atoms with E-state index in [4.69, 9.17) is 16.2 Å². The zero-order chi connectivity index (χ0) is 20.7. The van der Waals surface area contributed by atoms with Crippen LogP contribution < -0.4 is 16.2 Å². The Balaban J connectivity index is 1.91. The fraction of sp³-hybridized carbons (Fsp3) is 0.278. The lowest BCUT2D eigenvalue weighted by atomic mass is 10.1. The second kappa shape index (κ2) is 9.42. The van der Waals surface area contributed by atoms with E-state index in [1.54, 1.807) is 24.3 Å². The van der Waals surface area contributed by atoms with Gasteiger partial charge >= 0.3 is 6.09 Å². The first-order valence-corrected chi connectivity index (χ1v) is 8.44. The molecule has 0 aliphatic heterocycles. The van der Waals surface area contributed by atoms with E-state index < -0.39 is 17.1 Å². The maximum Gasteiger partial charge on any atom is 0.407 e. The molecule has 1 atom stereocenters. The second-order valence-electron chi connectivity index (χ2n) is 6.13. The van der Waals surface area contributed by atoms with Gasteiger partial charge in [0.05, 0.1) is 11.5 Å². The number of aliphatic hydroxyl groups excluding tert-OH is 1. The summed E-state index contributed by atoms with van der Waals surface area (Å²) in [5, 5.41) is 30.3. The van der Waals surface area contributed by atoms with Crippen LogP contribution in [-0.4, -0.2) is 51.9 Å². The highest BCUT2D eigenvalue weighted by Gasteiger charge is 2.19. The first-order chi connectivity index (χ1) is 13.3. The number of para-hydroxylation sites is 1. The van der Waals surface area contributed by atoms with Gasteiger partial charge in [0, 0.05) is 18.3 Å². The van der Waals surface area contributed by atoms with Crippen molar-refractivity contribution in [2.45, 2.75) is 12.5 Å². The number of nitro groups is 1. The van der Waals surface area contributed by atoms with Gasteiger partial charge < -0.3 is 31.3 Å². The normalized spacial score (nSPS) is 11.6. The number of rotatable bonds is 9. The number of nitrogens with zero attached hydrogens (tertiary/aromatic N) is 2. The van der Waals surface area contributed by atoms with Crippen molar-refractivity contribution in [3.8, 4) is 5.75 Å². The molecule has 0 radical (unpaired) electrons. The first kappa shape index (κ1) is 20.8. The number of nitro benzene ring substituents is 1. The minimum Gasteiger partial charge on any atom is -0.488 e. The molecule has 0 saturated carbocycles. The van der Waals surface area contributed by atoms with Crippen LogP contribution in [0.3, 0.4) is 0 Å². The molecule has 28 heavy (non-hydrogen) atoms. The summed E-state index contributed by atoms with van der Waals surface area (Å²) < 4.78 is 5.33. The van der Waals surface area contributed by atoms with Gasteiger partial charge in [0.25, 0.3) is 5.69 Å². The van der Waals surface area contributed by atoms with Crippen molar-refractivity contribution in [3.63, 3.8) is 0 Å². The molecule has 2 aromatic carbocycles. The summed E-state index contributed by atoms with van der Waals surface area (Å²) in [5.74, 6) is 0.0528. The number of nitrogen functional groups attached to an aromatic ring is 2. The van der Waals surface area contributed by atoms with Gasteiger partial charge in [-0.15, -0.1) is 0 Å². The molecule has 6 N–H and O–H groups in total. The average molecular weight is 390 g/mol. The Morgan fingerprint density at radius 2 is 1.89 bits per heavy atom. The average Bonchev–Trinajstić information content (AvgIpc) is 2.65. The van der Waals surface area contributed by atoms with Crippen LogP contribution in [0.5, 0.6) is 5.75 Å². The van der Waals surface area contributed by atoms with Crippen LogP contribution in [-0.2, 0) is 6.42 Å². The third-order valence-electron chi connectivity index (χ3n) is 4.02. The Morgan fingerprint density at radius 3 is 2.50 bits per heavy atom. The van der Waals surface area contributed by atoms with E-state index in [-0.39, 0.29) is 36.8 Å². The molecule has 0 spiro atoms. The SMILES string of the molecule is Nc1ccc(CCN(C[C@@H](O)COc2cccc([N+](=O)[O-])c2N)C(=O)O)cc1. The van der Waals surface area contributed by atoms with Crippen molar-refractivity contribution in [1.29, 1.82) is 0 Å². The molecule has 2 rings (SSSR count). The topological polar surface area (TPSA) is 165 Å². The van der Waals surface area contributed by atoms with Crippen molar-refractivity contribution in [2.75, 3.05) is 31.2 Å². The van der Waals surface area contributed by atoms with E-state index in [0.717, 1.165) is 10.5 Å². The summed E-state index contributed by atoms with van der Waals surface area (Å²) in [7, 11) is 0. The van der Waals surface area contributed by atoms with E-state index in [1.165, 1.54) is 18.2 Å². The molecule has 0 bridgehead atoms. The number of ether oxygens (including phenoxy) is 1. The first-order valence-electron chi connectivity index (χ1n) is 8.44. The van der Waals surface area contributed by atoms with E-state index >= 15 is 0 Å². The molecule has 10 nitrogen and oxygen atoms in total. The number of benzene rings is 2. The standard InChI is InChI=1S/C18H22N4O6/c19-13-6-4-12(5-7-13)8-9-21(18(24)25)10-14(23)11-28-16-3-1-2-15(17(16)20)22(26)27/h1-7,14,23H,8-11,19-20H2,(H,24,25)/t14-/m1/s1. The molecule has 150 valence electrons. The summed E-state index contributed by atoms with van der Waals surface area (Å²) in [6.07, 6.45) is -1.86. The van der Waals surface area contributed by atoms with Gasteiger partial charge in [-0.3, -0.25) is 10.1 Å². The molecule has 0 heterocycles. The summed E-state index contributed by atoms with van der Waals surface area (Å²) >= 11 is 0. The summed E-state index contributed by atoms with van der Waals surface area (Å²) in [5.41, 5.74) is 12.4. The highest BCUT2D eigenvalue weighted by atomic mass is 16.6. The maximum atomic E-state index is 11.4. The Labute approximate surface area is 161 Å². The van der Waals surface area contributed by atoms with Crippen molar-refractivity contribution in [1.82, 2.24) is 4.90 Å². The van der Waals surface area contributed by atoms with Gasteiger partial charge in [-0.2, -0.15) is 0 Å². The van der Waals surface area contributed by atoms with Crippen molar-refractivity contribution < 1.29 is 24.7 Å².